The van der Waals surface area contributed by atoms with Gasteiger partial charge in [-0.3, -0.25) is 9.59 Å². The third kappa shape index (κ3) is 3.71. The molecule has 6 heteroatoms. The molecule has 2 rings (SSSR count). The van der Waals surface area contributed by atoms with E-state index in [1.54, 1.807) is 35.2 Å². The van der Waals surface area contributed by atoms with E-state index in [1.165, 1.54) is 0 Å². The lowest BCUT2D eigenvalue weighted by molar-refractivity contribution is -0.129. The molecule has 1 fully saturated rings. The highest BCUT2D eigenvalue weighted by Gasteiger charge is 2.25. The Balaban J connectivity index is 2.17. The molecule has 6 nitrogen and oxygen atoms in total. The van der Waals surface area contributed by atoms with Crippen molar-refractivity contribution in [1.82, 2.24) is 14.8 Å². The quantitative estimate of drug-likeness (QED) is 0.905. The second-order valence-corrected chi connectivity index (χ2v) is 5.22. The molecule has 0 aliphatic carbocycles. The Morgan fingerprint density at radius 1 is 1.43 bits per heavy atom. The highest BCUT2D eigenvalue weighted by Crippen LogP contribution is 2.16. The minimum Gasteiger partial charge on any atom is -0.369 e. The van der Waals surface area contributed by atoms with E-state index in [0.29, 0.717) is 24.5 Å². The van der Waals surface area contributed by atoms with Crippen molar-refractivity contribution in [3.8, 4) is 0 Å². The Kier molecular flexibility index (Phi) is 5.14. The van der Waals surface area contributed by atoms with Crippen LogP contribution in [0.4, 0.5) is 5.82 Å². The van der Waals surface area contributed by atoms with Gasteiger partial charge in [0.25, 0.3) is 5.91 Å². The summed E-state index contributed by atoms with van der Waals surface area (Å²) in [4.78, 5) is 32.1. The molecule has 2 heterocycles. The number of anilines is 1. The molecule has 1 aliphatic rings. The van der Waals surface area contributed by atoms with Crippen molar-refractivity contribution in [2.75, 3.05) is 38.5 Å². The summed E-state index contributed by atoms with van der Waals surface area (Å²) in [6, 6.07) is 3.50. The van der Waals surface area contributed by atoms with Gasteiger partial charge in [0.1, 0.15) is 12.4 Å². The Morgan fingerprint density at radius 3 is 3.00 bits per heavy atom. The van der Waals surface area contributed by atoms with Gasteiger partial charge in [-0.05, 0) is 25.0 Å². The van der Waals surface area contributed by atoms with Gasteiger partial charge in [-0.25, -0.2) is 4.98 Å². The molecule has 0 radical (unpaired) electrons. The zero-order valence-electron chi connectivity index (χ0n) is 12.6. The first kappa shape index (κ1) is 15.3. The Morgan fingerprint density at radius 2 is 2.24 bits per heavy atom. The van der Waals surface area contributed by atoms with Crippen LogP contribution in [0.3, 0.4) is 0 Å². The molecule has 0 bridgehead atoms. The molecule has 0 spiro atoms. The van der Waals surface area contributed by atoms with E-state index in [0.717, 1.165) is 19.4 Å². The number of hydrogen-bond donors (Lipinski definition) is 1. The van der Waals surface area contributed by atoms with E-state index in [1.807, 2.05) is 0 Å². The van der Waals surface area contributed by atoms with Crippen LogP contribution in [0.25, 0.3) is 0 Å². The van der Waals surface area contributed by atoms with E-state index in [9.17, 15) is 9.59 Å². The molecule has 0 aromatic carbocycles. The molecule has 1 saturated heterocycles. The van der Waals surface area contributed by atoms with Gasteiger partial charge in [0.05, 0.1) is 5.56 Å². The zero-order valence-corrected chi connectivity index (χ0v) is 12.6. The number of aromatic nitrogens is 1. The van der Waals surface area contributed by atoms with Crippen LogP contribution in [-0.4, -0.2) is 59.8 Å². The number of pyridine rings is 1. The summed E-state index contributed by atoms with van der Waals surface area (Å²) in [7, 11) is 1.77. The third-order valence-electron chi connectivity index (χ3n) is 3.54. The number of rotatable bonds is 4. The maximum absolute atomic E-state index is 12.7. The summed E-state index contributed by atoms with van der Waals surface area (Å²) in [5.74, 6) is 0.438. The predicted octanol–water partition coefficient (Wildman–Crippen LogP) is 1.21. The summed E-state index contributed by atoms with van der Waals surface area (Å²) < 4.78 is 0. The van der Waals surface area contributed by atoms with E-state index in [2.05, 4.69) is 17.2 Å². The smallest absolute Gasteiger partial charge is 0.258 e. The fraction of sp³-hybridized carbons (Fsp3) is 0.533. The van der Waals surface area contributed by atoms with Crippen molar-refractivity contribution in [2.24, 2.45) is 0 Å². The van der Waals surface area contributed by atoms with Crippen molar-refractivity contribution in [1.29, 1.82) is 0 Å². The molecular weight excluding hydrogens is 268 g/mol. The minimum absolute atomic E-state index is 0.0205. The zero-order chi connectivity index (χ0) is 15.2. The van der Waals surface area contributed by atoms with Crippen molar-refractivity contribution in [2.45, 2.75) is 19.8 Å². The topological polar surface area (TPSA) is 65.5 Å². The third-order valence-corrected chi connectivity index (χ3v) is 3.54. The van der Waals surface area contributed by atoms with Crippen molar-refractivity contribution >= 4 is 17.6 Å². The molecular formula is C15H22N4O2. The fourth-order valence-corrected chi connectivity index (χ4v) is 2.29. The van der Waals surface area contributed by atoms with Gasteiger partial charge < -0.3 is 15.1 Å². The lowest BCUT2D eigenvalue weighted by Gasteiger charge is -2.21. The first-order valence-electron chi connectivity index (χ1n) is 7.35. The summed E-state index contributed by atoms with van der Waals surface area (Å²) >= 11 is 0. The minimum atomic E-state index is -0.134. The van der Waals surface area contributed by atoms with Gasteiger partial charge in [0.15, 0.2) is 0 Å². The van der Waals surface area contributed by atoms with Gasteiger partial charge >= 0.3 is 0 Å². The number of nitrogens with one attached hydrogen (secondary N) is 1. The number of likely N-dealkylation sites (N-methyl/N-ethyl adjacent to an activating group) is 1. The lowest BCUT2D eigenvalue weighted by atomic mass is 10.2. The van der Waals surface area contributed by atoms with E-state index in [-0.39, 0.29) is 18.4 Å². The van der Waals surface area contributed by atoms with Gasteiger partial charge in [0, 0.05) is 32.9 Å². The lowest BCUT2D eigenvalue weighted by Crippen LogP contribution is -2.38. The van der Waals surface area contributed by atoms with Crippen LogP contribution >= 0.6 is 0 Å². The Labute approximate surface area is 125 Å². The van der Waals surface area contributed by atoms with Crippen molar-refractivity contribution in [3.05, 3.63) is 23.9 Å². The number of hydrogen-bond acceptors (Lipinski definition) is 4. The molecule has 21 heavy (non-hydrogen) atoms. The normalized spacial score (nSPS) is 15.8. The van der Waals surface area contributed by atoms with E-state index >= 15 is 0 Å². The average Bonchev–Trinajstić information content (AvgIpc) is 2.67. The van der Waals surface area contributed by atoms with Crippen LogP contribution in [0.1, 0.15) is 30.1 Å². The molecule has 114 valence electrons. The molecule has 0 unspecified atom stereocenters. The summed E-state index contributed by atoms with van der Waals surface area (Å²) in [6.45, 7) is 4.24. The van der Waals surface area contributed by atoms with E-state index in [4.69, 9.17) is 0 Å². The van der Waals surface area contributed by atoms with E-state index < -0.39 is 0 Å². The molecule has 2 amide bonds. The van der Waals surface area contributed by atoms with Gasteiger partial charge in [-0.2, -0.15) is 0 Å². The maximum atomic E-state index is 12.7. The van der Waals surface area contributed by atoms with Crippen LogP contribution in [0.2, 0.25) is 0 Å². The summed E-state index contributed by atoms with van der Waals surface area (Å²) in [5.41, 5.74) is 0.531. The average molecular weight is 290 g/mol. The van der Waals surface area contributed by atoms with Crippen LogP contribution in [0.15, 0.2) is 18.3 Å². The highest BCUT2D eigenvalue weighted by molar-refractivity contribution is 6.00. The molecule has 1 aliphatic heterocycles. The van der Waals surface area contributed by atoms with Crippen LogP contribution in [0, 0.1) is 0 Å². The first-order chi connectivity index (χ1) is 10.1. The summed E-state index contributed by atoms with van der Waals surface area (Å²) in [6.07, 6.45) is 3.42. The monoisotopic (exact) mass is 290 g/mol. The SMILES string of the molecule is CCCNc1ncccc1C(=O)N1CCCN(C)C(=O)C1. The number of amides is 2. The number of carbonyl (C=O) groups excluding carboxylic acids is 2. The Hall–Kier alpha value is -2.11. The Bertz CT molecular complexity index is 518. The molecule has 1 N–H and O–H groups in total. The summed E-state index contributed by atoms with van der Waals surface area (Å²) in [5, 5.41) is 3.16. The fourth-order valence-electron chi connectivity index (χ4n) is 2.29. The van der Waals surface area contributed by atoms with Crippen LogP contribution in [-0.2, 0) is 4.79 Å². The standard InChI is InChI=1S/C15H22N4O2/c1-3-7-16-14-12(6-4-8-17-14)15(21)19-10-5-9-18(2)13(20)11-19/h4,6,8H,3,5,7,9-11H2,1-2H3,(H,16,17). The first-order valence-corrected chi connectivity index (χ1v) is 7.35. The molecule has 1 aromatic heterocycles. The van der Waals surface area contributed by atoms with Gasteiger partial charge in [-0.1, -0.05) is 6.92 Å². The number of nitrogens with zero attached hydrogens (tertiary/aromatic N) is 3. The van der Waals surface area contributed by atoms with Crippen LogP contribution < -0.4 is 5.32 Å². The van der Waals surface area contributed by atoms with Crippen molar-refractivity contribution < 1.29 is 9.59 Å². The second-order valence-electron chi connectivity index (χ2n) is 5.22. The number of carbonyl (C=O) groups is 2. The highest BCUT2D eigenvalue weighted by atomic mass is 16.2. The molecule has 0 atom stereocenters. The van der Waals surface area contributed by atoms with Gasteiger partial charge in [-0.15, -0.1) is 0 Å². The van der Waals surface area contributed by atoms with Gasteiger partial charge in [0.2, 0.25) is 5.91 Å². The largest absolute Gasteiger partial charge is 0.369 e. The maximum Gasteiger partial charge on any atom is 0.258 e. The van der Waals surface area contributed by atoms with Crippen LogP contribution in [0.5, 0.6) is 0 Å². The molecule has 0 saturated carbocycles. The second kappa shape index (κ2) is 7.06. The molecule has 1 aromatic rings. The van der Waals surface area contributed by atoms with Crippen molar-refractivity contribution in [3.63, 3.8) is 0 Å². The predicted molar refractivity (Wildman–Crippen MR) is 81.2 cm³/mol.